The Kier molecular flexibility index (Phi) is 254. The molecule has 0 aromatic carbocycles. The highest BCUT2D eigenvalue weighted by molar-refractivity contribution is 4.52. The minimum atomic E-state index is 0. The molecule has 0 aliphatic rings. The molecule has 0 saturated heterocycles. The van der Waals surface area contributed by atoms with Crippen molar-refractivity contribution in [2.45, 2.75) is 188 Å². The Bertz CT molecular complexity index is 307. The molecule has 3 N–H and O–H groups in total. The van der Waals surface area contributed by atoms with Crippen LogP contribution in [0.25, 0.3) is 0 Å². The van der Waals surface area contributed by atoms with Gasteiger partial charge in [-0.15, -0.1) is 0 Å². The van der Waals surface area contributed by atoms with Crippen molar-refractivity contribution in [3.8, 4) is 0 Å². The summed E-state index contributed by atoms with van der Waals surface area (Å²) in [5.74, 6) is 0. The number of unbranched alkanes of at least 4 members (excludes halogenated alkanes) is 4. The monoisotopic (exact) mass is 713 g/mol. The molecular weight excluding hydrogens is 589 g/mol. The maximum absolute atomic E-state index is 3.15. The van der Waals surface area contributed by atoms with Crippen molar-refractivity contribution in [3.05, 3.63) is 0 Å². The van der Waals surface area contributed by atoms with E-state index in [1.165, 1.54) is 96.9 Å². The van der Waals surface area contributed by atoms with Crippen molar-refractivity contribution < 1.29 is 0 Å². The minimum Gasteiger partial charge on any atom is -0.320 e. The molecular formula is C42H124N6. The topological polar surface area (TPSA) is 45.8 Å². The second-order valence-electron chi connectivity index (χ2n) is 9.84. The molecule has 0 fully saturated rings. The first-order valence-corrected chi connectivity index (χ1v) is 14.8. The van der Waals surface area contributed by atoms with Crippen LogP contribution in [0.1, 0.15) is 188 Å². The summed E-state index contributed by atoms with van der Waals surface area (Å²) in [4.78, 5) is 7.04. The number of hydrogen-bond donors (Lipinski definition) is 3. The van der Waals surface area contributed by atoms with E-state index in [4.69, 9.17) is 0 Å². The molecule has 0 bridgehead atoms. The number of nitrogens with zero attached hydrogens (tertiary/aromatic N) is 3. The fraction of sp³-hybridized carbons (Fsp3) is 1.00. The zero-order valence-electron chi connectivity index (χ0n) is 26.6. The summed E-state index contributed by atoms with van der Waals surface area (Å²) < 4.78 is 0. The quantitative estimate of drug-likeness (QED) is 0.109. The average molecular weight is 713 g/mol. The summed E-state index contributed by atoms with van der Waals surface area (Å²) in [5.41, 5.74) is 0. The summed E-state index contributed by atoms with van der Waals surface area (Å²) in [5, 5.41) is 9.28. The van der Waals surface area contributed by atoms with Gasteiger partial charge in [0.2, 0.25) is 0 Å². The van der Waals surface area contributed by atoms with Crippen LogP contribution >= 0.6 is 0 Å². The lowest BCUT2D eigenvalue weighted by Gasteiger charge is -2.15. The maximum atomic E-state index is 3.15. The van der Waals surface area contributed by atoms with E-state index in [-0.39, 0.29) is 96.5 Å². The molecule has 0 amide bonds. The molecule has 6 nitrogen and oxygen atoms in total. The molecule has 0 rings (SSSR count). The maximum Gasteiger partial charge on any atom is -0.000969 e. The van der Waals surface area contributed by atoms with Gasteiger partial charge in [-0.05, 0) is 140 Å². The largest absolute Gasteiger partial charge is 0.320 e. The third-order valence-corrected chi connectivity index (χ3v) is 5.46. The number of hydrogen-bond acceptors (Lipinski definition) is 6. The van der Waals surface area contributed by atoms with E-state index in [0.29, 0.717) is 0 Å². The molecule has 0 aliphatic carbocycles. The third kappa shape index (κ3) is 150. The summed E-state index contributed by atoms with van der Waals surface area (Å²) in [7, 11) is 14.6. The van der Waals surface area contributed by atoms with Crippen LogP contribution in [0.4, 0.5) is 0 Å². The summed E-state index contributed by atoms with van der Waals surface area (Å²) in [6, 6.07) is 0. The number of rotatable bonds is 20. The van der Waals surface area contributed by atoms with Crippen LogP contribution < -0.4 is 16.0 Å². The molecule has 0 aromatic heterocycles. The Morgan fingerprint density at radius 3 is 0.708 bits per heavy atom. The van der Waals surface area contributed by atoms with E-state index >= 15 is 0 Å². The lowest BCUT2D eigenvalue weighted by Crippen LogP contribution is -2.23. The van der Waals surface area contributed by atoms with Gasteiger partial charge >= 0.3 is 0 Å². The fourth-order valence-corrected chi connectivity index (χ4v) is 2.95. The molecule has 0 aromatic rings. The molecule has 322 valence electrons. The first-order valence-electron chi connectivity index (χ1n) is 14.8. The van der Waals surface area contributed by atoms with Gasteiger partial charge in [0.25, 0.3) is 0 Å². The molecule has 0 atom stereocenters. The van der Waals surface area contributed by atoms with Gasteiger partial charge in [0.1, 0.15) is 0 Å². The van der Waals surface area contributed by atoms with Crippen molar-refractivity contribution in [2.75, 3.05) is 102 Å². The Hall–Kier alpha value is -0.240. The molecule has 0 unspecified atom stereocenters. The molecule has 0 saturated carbocycles. The summed E-state index contributed by atoms with van der Waals surface area (Å²) in [6.07, 6.45) is 13.1. The lowest BCUT2D eigenvalue weighted by molar-refractivity contribution is 0.322. The van der Waals surface area contributed by atoms with Crippen molar-refractivity contribution >= 4 is 0 Å². The van der Waals surface area contributed by atoms with Gasteiger partial charge < -0.3 is 30.7 Å². The smallest absolute Gasteiger partial charge is 0.000969 e. The second kappa shape index (κ2) is 111. The molecule has 0 spiro atoms. The molecule has 6 heteroatoms. The van der Waals surface area contributed by atoms with E-state index in [0.717, 1.165) is 19.6 Å². The van der Waals surface area contributed by atoms with Crippen molar-refractivity contribution in [3.63, 3.8) is 0 Å². The van der Waals surface area contributed by atoms with Crippen molar-refractivity contribution in [2.24, 2.45) is 0 Å². The average Bonchev–Trinajstić information content (AvgIpc) is 2.85. The van der Waals surface area contributed by atoms with Gasteiger partial charge in [-0.25, -0.2) is 0 Å². The molecule has 48 heavy (non-hydrogen) atoms. The van der Waals surface area contributed by atoms with E-state index < -0.39 is 0 Å². The van der Waals surface area contributed by atoms with Gasteiger partial charge in [0.05, 0.1) is 0 Å². The van der Waals surface area contributed by atoms with E-state index in [2.05, 4.69) is 86.5 Å². The predicted molar refractivity (Wildman–Crippen MR) is 252 cm³/mol. The first kappa shape index (κ1) is 110. The second-order valence-corrected chi connectivity index (χ2v) is 9.84. The Balaban J connectivity index is -0.0000000165. The van der Waals surface area contributed by atoms with Crippen LogP contribution in [0.15, 0.2) is 0 Å². The standard InChI is InChI=1S/C9H22N2.C9H21N.C6H15N.C5H14N2.13CH4/c1-4-5-8-11(3)9-6-7-10-2;1-4-6-8-10(3)9-7-5-2;1-4-5-6-7(2)3;1-6-4-3-5-7-2;;;;;;;;;;;;;/h10H,4-9H2,1-3H3;4-9H2,1-3H3;4-6H2,1-3H3;6-7H,3-5H2,1-2H3;13*1H4. The normalized spacial score (nSPS) is 7.62. The van der Waals surface area contributed by atoms with Gasteiger partial charge in [-0.1, -0.05) is 150 Å². The predicted octanol–water partition coefficient (Wildman–Crippen LogP) is 13.3. The Morgan fingerprint density at radius 1 is 0.312 bits per heavy atom. The van der Waals surface area contributed by atoms with Gasteiger partial charge in [0, 0.05) is 0 Å². The first-order chi connectivity index (χ1) is 16.8. The molecule has 0 heterocycles. The third-order valence-electron chi connectivity index (χ3n) is 5.46. The van der Waals surface area contributed by atoms with E-state index in [1.54, 1.807) is 0 Å². The zero-order chi connectivity index (χ0) is 27.6. The Morgan fingerprint density at radius 2 is 0.521 bits per heavy atom. The van der Waals surface area contributed by atoms with Crippen LogP contribution in [0.3, 0.4) is 0 Å². The van der Waals surface area contributed by atoms with Gasteiger partial charge in [-0.3, -0.25) is 0 Å². The van der Waals surface area contributed by atoms with E-state index in [1.807, 2.05) is 21.1 Å². The highest BCUT2D eigenvalue weighted by Gasteiger charge is 1.95. The molecule has 0 radical (unpaired) electrons. The van der Waals surface area contributed by atoms with Crippen molar-refractivity contribution in [1.29, 1.82) is 0 Å². The van der Waals surface area contributed by atoms with Crippen LogP contribution in [0, 0.1) is 0 Å². The molecule has 0 aliphatic heterocycles. The summed E-state index contributed by atoms with van der Waals surface area (Å²) in [6.45, 7) is 18.6. The minimum absolute atomic E-state index is 0. The number of nitrogens with one attached hydrogen (secondary N) is 3. The van der Waals surface area contributed by atoms with Crippen LogP contribution in [0.5, 0.6) is 0 Å². The lowest BCUT2D eigenvalue weighted by atomic mass is 10.3. The van der Waals surface area contributed by atoms with Crippen LogP contribution in [-0.4, -0.2) is 116 Å². The highest BCUT2D eigenvalue weighted by atomic mass is 15.1. The van der Waals surface area contributed by atoms with Crippen molar-refractivity contribution in [1.82, 2.24) is 30.7 Å². The SMILES string of the molecule is C.C.C.C.C.C.C.C.C.C.C.C.C.CCCCN(C)C.CCCCN(C)CCCC.CCCCN(C)CCCNC.CNCCCNC. The van der Waals surface area contributed by atoms with E-state index in [9.17, 15) is 0 Å². The fourth-order valence-electron chi connectivity index (χ4n) is 2.95. The van der Waals surface area contributed by atoms with Gasteiger partial charge in [-0.2, -0.15) is 0 Å². The van der Waals surface area contributed by atoms with Gasteiger partial charge in [0.15, 0.2) is 0 Å². The van der Waals surface area contributed by atoms with Crippen LogP contribution in [-0.2, 0) is 0 Å². The highest BCUT2D eigenvalue weighted by Crippen LogP contribution is 1.95. The summed E-state index contributed by atoms with van der Waals surface area (Å²) >= 11 is 0. The zero-order valence-corrected chi connectivity index (χ0v) is 26.6. The van der Waals surface area contributed by atoms with Crippen LogP contribution in [0.2, 0.25) is 0 Å². The Labute approximate surface area is 320 Å².